The van der Waals surface area contributed by atoms with Crippen LogP contribution in [0.5, 0.6) is 0 Å². The molecule has 3 aliphatic heterocycles. The molecule has 0 N–H and O–H groups in total. The van der Waals surface area contributed by atoms with Crippen LogP contribution in [-0.2, 0) is 23.7 Å². The maximum Gasteiger partial charge on any atom is 0.190 e. The van der Waals surface area contributed by atoms with Crippen LogP contribution in [0.2, 0.25) is 0 Å². The summed E-state index contributed by atoms with van der Waals surface area (Å²) < 4.78 is 29.2. The molecule has 98 valence electrons. The summed E-state index contributed by atoms with van der Waals surface area (Å²) in [6, 6.07) is 0. The normalized spacial score (nSPS) is 51.0. The number of rotatable bonds is 0. The number of hydrogen-bond donors (Lipinski definition) is 0. The first-order chi connectivity index (χ1) is 7.77. The minimum absolute atomic E-state index is 0.0551. The Labute approximate surface area is 101 Å². The molecular weight excluding hydrogens is 224 g/mol. The molecule has 3 heterocycles. The summed E-state index contributed by atoms with van der Waals surface area (Å²) in [5.41, 5.74) is 0. The van der Waals surface area contributed by atoms with Crippen molar-refractivity contribution in [2.24, 2.45) is 0 Å². The van der Waals surface area contributed by atoms with Gasteiger partial charge in [0.2, 0.25) is 0 Å². The quantitative estimate of drug-likeness (QED) is 0.644. The largest absolute Gasteiger partial charge is 0.344 e. The van der Waals surface area contributed by atoms with Gasteiger partial charge in [-0.2, -0.15) is 0 Å². The Morgan fingerprint density at radius 3 is 1.94 bits per heavy atom. The zero-order chi connectivity index (χ0) is 12.4. The van der Waals surface area contributed by atoms with Crippen molar-refractivity contribution < 1.29 is 23.7 Å². The van der Waals surface area contributed by atoms with E-state index in [4.69, 9.17) is 23.7 Å². The molecule has 3 fully saturated rings. The topological polar surface area (TPSA) is 46.2 Å². The molecule has 5 atom stereocenters. The van der Waals surface area contributed by atoms with Gasteiger partial charge in [-0.15, -0.1) is 0 Å². The Morgan fingerprint density at radius 1 is 0.706 bits per heavy atom. The third-order valence-electron chi connectivity index (χ3n) is 3.39. The van der Waals surface area contributed by atoms with E-state index in [1.807, 2.05) is 34.6 Å². The lowest BCUT2D eigenvalue weighted by Gasteiger charge is -2.35. The van der Waals surface area contributed by atoms with Gasteiger partial charge in [0, 0.05) is 0 Å². The van der Waals surface area contributed by atoms with Crippen molar-refractivity contribution in [2.45, 2.75) is 76.9 Å². The molecule has 0 aromatic heterocycles. The summed E-state index contributed by atoms with van der Waals surface area (Å²) in [5.74, 6) is -1.21. The second kappa shape index (κ2) is 3.42. The van der Waals surface area contributed by atoms with E-state index >= 15 is 0 Å². The molecule has 17 heavy (non-hydrogen) atoms. The molecule has 0 aromatic rings. The van der Waals surface area contributed by atoms with Crippen LogP contribution in [0.4, 0.5) is 0 Å². The molecule has 3 saturated heterocycles. The van der Waals surface area contributed by atoms with Gasteiger partial charge in [0.15, 0.2) is 17.9 Å². The molecule has 0 amide bonds. The molecule has 0 saturated carbocycles. The van der Waals surface area contributed by atoms with Gasteiger partial charge < -0.3 is 23.7 Å². The Balaban J connectivity index is 1.86. The Morgan fingerprint density at radius 2 is 1.24 bits per heavy atom. The van der Waals surface area contributed by atoms with E-state index in [0.29, 0.717) is 0 Å². The fourth-order valence-corrected chi connectivity index (χ4v) is 2.81. The lowest BCUT2D eigenvalue weighted by molar-refractivity contribution is -0.229. The van der Waals surface area contributed by atoms with Crippen LogP contribution in [0.15, 0.2) is 0 Å². The average molecular weight is 244 g/mol. The van der Waals surface area contributed by atoms with Crippen LogP contribution < -0.4 is 0 Å². The van der Waals surface area contributed by atoms with Crippen LogP contribution >= 0.6 is 0 Å². The summed E-state index contributed by atoms with van der Waals surface area (Å²) in [5, 5.41) is 0. The van der Waals surface area contributed by atoms with E-state index in [-0.39, 0.29) is 30.7 Å². The lowest BCUT2D eigenvalue weighted by atomic mass is 10.0. The van der Waals surface area contributed by atoms with Gasteiger partial charge in [-0.1, -0.05) is 0 Å². The highest BCUT2D eigenvalue weighted by molar-refractivity contribution is 4.98. The highest BCUT2D eigenvalue weighted by Crippen LogP contribution is 2.43. The second-order valence-corrected chi connectivity index (χ2v) is 5.87. The number of ether oxygens (including phenoxy) is 5. The predicted octanol–water partition coefficient (Wildman–Crippen LogP) is 1.40. The first kappa shape index (κ1) is 11.9. The van der Waals surface area contributed by atoms with Crippen molar-refractivity contribution in [3.05, 3.63) is 0 Å². The fourth-order valence-electron chi connectivity index (χ4n) is 2.81. The molecular formula is C12H20O5. The van der Waals surface area contributed by atoms with Crippen molar-refractivity contribution in [1.29, 1.82) is 0 Å². The molecule has 0 aliphatic carbocycles. The van der Waals surface area contributed by atoms with Gasteiger partial charge in [0.05, 0.1) is 6.10 Å². The molecule has 1 unspecified atom stereocenters. The Bertz CT molecular complexity index is 327. The highest BCUT2D eigenvalue weighted by atomic mass is 16.9. The van der Waals surface area contributed by atoms with Gasteiger partial charge in [-0.3, -0.25) is 0 Å². The van der Waals surface area contributed by atoms with Crippen LogP contribution in [0.25, 0.3) is 0 Å². The Kier molecular flexibility index (Phi) is 2.39. The third kappa shape index (κ3) is 1.90. The molecule has 0 bridgehead atoms. The first-order valence-corrected chi connectivity index (χ1v) is 6.14. The monoisotopic (exact) mass is 244 g/mol. The molecule has 5 nitrogen and oxygen atoms in total. The van der Waals surface area contributed by atoms with Gasteiger partial charge in [0.25, 0.3) is 0 Å². The van der Waals surface area contributed by atoms with E-state index in [2.05, 4.69) is 0 Å². The molecule has 3 aliphatic rings. The highest BCUT2D eigenvalue weighted by Gasteiger charge is 2.59. The molecule has 5 heteroatoms. The smallest absolute Gasteiger partial charge is 0.190 e. The summed E-state index contributed by atoms with van der Waals surface area (Å²) in [4.78, 5) is 0. The maximum atomic E-state index is 5.92. The molecule has 3 rings (SSSR count). The lowest BCUT2D eigenvalue weighted by Crippen LogP contribution is -2.53. The summed E-state index contributed by atoms with van der Waals surface area (Å²) in [6.45, 7) is 9.57. The predicted molar refractivity (Wildman–Crippen MR) is 58.2 cm³/mol. The standard InChI is InChI=1S/C12H20O5/c1-6-7-8(15-11(2,3)14-7)9-10(13-6)17-12(4,5)16-9/h6-10H,1-5H3/t6?,7-,8-,9-,10-/m0/s1. The summed E-state index contributed by atoms with van der Waals surface area (Å²) in [7, 11) is 0. The van der Waals surface area contributed by atoms with Crippen molar-refractivity contribution >= 4 is 0 Å². The van der Waals surface area contributed by atoms with Crippen LogP contribution in [0, 0.1) is 0 Å². The molecule has 0 spiro atoms. The van der Waals surface area contributed by atoms with Crippen LogP contribution in [0.3, 0.4) is 0 Å². The SMILES string of the molecule is CC1O[C@H]2OC(C)(C)O[C@H]2[C@H]2OC(C)(C)O[C@@H]12. The molecule has 0 aromatic carbocycles. The van der Waals surface area contributed by atoms with E-state index < -0.39 is 11.6 Å². The molecule has 0 radical (unpaired) electrons. The first-order valence-electron chi connectivity index (χ1n) is 6.14. The summed E-state index contributed by atoms with van der Waals surface area (Å²) >= 11 is 0. The second-order valence-electron chi connectivity index (χ2n) is 5.87. The van der Waals surface area contributed by atoms with Gasteiger partial charge >= 0.3 is 0 Å². The third-order valence-corrected chi connectivity index (χ3v) is 3.39. The number of fused-ring (bicyclic) bond motifs is 3. The van der Waals surface area contributed by atoms with E-state index in [9.17, 15) is 0 Å². The minimum Gasteiger partial charge on any atom is -0.344 e. The van der Waals surface area contributed by atoms with Gasteiger partial charge in [-0.05, 0) is 34.6 Å². The minimum atomic E-state index is -0.625. The van der Waals surface area contributed by atoms with Gasteiger partial charge in [-0.25, -0.2) is 0 Å². The number of hydrogen-bond acceptors (Lipinski definition) is 5. The average Bonchev–Trinajstić information content (AvgIpc) is 2.62. The van der Waals surface area contributed by atoms with Crippen molar-refractivity contribution in [1.82, 2.24) is 0 Å². The van der Waals surface area contributed by atoms with Gasteiger partial charge in [0.1, 0.15) is 18.3 Å². The zero-order valence-corrected chi connectivity index (χ0v) is 10.9. The van der Waals surface area contributed by atoms with E-state index in [0.717, 1.165) is 0 Å². The summed E-state index contributed by atoms with van der Waals surface area (Å²) in [6.07, 6.45) is -0.850. The fraction of sp³-hybridized carbons (Fsp3) is 1.00. The van der Waals surface area contributed by atoms with Crippen molar-refractivity contribution in [2.75, 3.05) is 0 Å². The van der Waals surface area contributed by atoms with E-state index in [1.54, 1.807) is 0 Å². The van der Waals surface area contributed by atoms with Crippen LogP contribution in [-0.4, -0.2) is 42.3 Å². The Hall–Kier alpha value is -0.200. The van der Waals surface area contributed by atoms with Crippen molar-refractivity contribution in [3.8, 4) is 0 Å². The van der Waals surface area contributed by atoms with Crippen LogP contribution in [0.1, 0.15) is 34.6 Å². The maximum absolute atomic E-state index is 5.92. The van der Waals surface area contributed by atoms with E-state index in [1.165, 1.54) is 0 Å². The van der Waals surface area contributed by atoms with Crippen molar-refractivity contribution in [3.63, 3.8) is 0 Å². The zero-order valence-electron chi connectivity index (χ0n) is 10.9.